The third kappa shape index (κ3) is 3.63. The van der Waals surface area contributed by atoms with Gasteiger partial charge in [0.25, 0.3) is 0 Å². The fraction of sp³-hybridized carbons (Fsp3) is 0.583. The predicted octanol–water partition coefficient (Wildman–Crippen LogP) is 4.30. The lowest BCUT2D eigenvalue weighted by atomic mass is 9.84. The average Bonchev–Trinajstić information content (AvgIpc) is 2.34. The second-order valence-corrected chi connectivity index (χ2v) is 5.24. The van der Waals surface area contributed by atoms with E-state index in [9.17, 15) is 0 Å². The van der Waals surface area contributed by atoms with E-state index in [1.807, 2.05) is 12.1 Å². The fourth-order valence-corrected chi connectivity index (χ4v) is 2.20. The van der Waals surface area contributed by atoms with Gasteiger partial charge in [0.05, 0.1) is 0 Å². The average molecular weight is 306 g/mol. The zero-order valence-electron chi connectivity index (χ0n) is 9.76. The van der Waals surface area contributed by atoms with Gasteiger partial charge in [-0.05, 0) is 40.9 Å². The lowest BCUT2D eigenvalue weighted by Crippen LogP contribution is -2.30. The Morgan fingerprint density at radius 3 is 2.50 bits per heavy atom. The van der Waals surface area contributed by atoms with Crippen LogP contribution in [0.1, 0.15) is 26.7 Å². The van der Waals surface area contributed by atoms with E-state index < -0.39 is 0 Å². The minimum Gasteiger partial charge on any atom is -0.369 e. The molecular formula is C12H18BrClN2. The van der Waals surface area contributed by atoms with E-state index in [-0.39, 0.29) is 5.41 Å². The van der Waals surface area contributed by atoms with Gasteiger partial charge in [-0.1, -0.05) is 13.8 Å². The number of nitrogens with zero attached hydrogens (tertiary/aromatic N) is 1. The maximum Gasteiger partial charge on any atom is 0.125 e. The molecule has 0 radical (unpaired) electrons. The first-order chi connectivity index (χ1) is 7.65. The van der Waals surface area contributed by atoms with Gasteiger partial charge in [-0.15, -0.1) is 11.6 Å². The number of hydrogen-bond donors (Lipinski definition) is 1. The summed E-state index contributed by atoms with van der Waals surface area (Å²) in [6.07, 6.45) is 3.95. The van der Waals surface area contributed by atoms with Crippen LogP contribution in [0.3, 0.4) is 0 Å². The molecule has 90 valence electrons. The van der Waals surface area contributed by atoms with Crippen molar-refractivity contribution in [1.82, 2.24) is 4.98 Å². The maximum absolute atomic E-state index is 6.05. The van der Waals surface area contributed by atoms with E-state index in [2.05, 4.69) is 40.1 Å². The largest absolute Gasteiger partial charge is 0.369 e. The van der Waals surface area contributed by atoms with Crippen LogP contribution in [0.2, 0.25) is 0 Å². The summed E-state index contributed by atoms with van der Waals surface area (Å²) in [4.78, 5) is 4.28. The standard InChI is InChI=1S/C12H18BrClN2/c1-3-12(4-2,8-14)9-16-11-6-5-10(13)7-15-11/h5-7H,3-4,8-9H2,1-2H3,(H,15,16). The summed E-state index contributed by atoms with van der Waals surface area (Å²) in [5.41, 5.74) is 0.177. The molecule has 1 rings (SSSR count). The van der Waals surface area contributed by atoms with E-state index in [0.717, 1.165) is 29.7 Å². The molecule has 0 aliphatic rings. The Bertz CT molecular complexity index is 301. The topological polar surface area (TPSA) is 24.9 Å². The van der Waals surface area contributed by atoms with Gasteiger partial charge in [0, 0.05) is 28.5 Å². The second kappa shape index (κ2) is 6.45. The number of aromatic nitrogens is 1. The summed E-state index contributed by atoms with van der Waals surface area (Å²) in [6.45, 7) is 5.24. The summed E-state index contributed by atoms with van der Waals surface area (Å²) in [5.74, 6) is 1.59. The van der Waals surface area contributed by atoms with Crippen molar-refractivity contribution < 1.29 is 0 Å². The monoisotopic (exact) mass is 304 g/mol. The number of anilines is 1. The van der Waals surface area contributed by atoms with E-state index in [1.165, 1.54) is 0 Å². The molecule has 0 saturated carbocycles. The molecule has 16 heavy (non-hydrogen) atoms. The van der Waals surface area contributed by atoms with E-state index in [1.54, 1.807) is 6.20 Å². The smallest absolute Gasteiger partial charge is 0.125 e. The van der Waals surface area contributed by atoms with E-state index >= 15 is 0 Å². The first kappa shape index (κ1) is 13.8. The van der Waals surface area contributed by atoms with Crippen molar-refractivity contribution in [2.75, 3.05) is 17.7 Å². The van der Waals surface area contributed by atoms with Crippen molar-refractivity contribution in [1.29, 1.82) is 0 Å². The van der Waals surface area contributed by atoms with Gasteiger partial charge in [0.2, 0.25) is 0 Å². The summed E-state index contributed by atoms with van der Waals surface area (Å²) < 4.78 is 0.993. The quantitative estimate of drug-likeness (QED) is 0.793. The molecule has 4 heteroatoms. The highest BCUT2D eigenvalue weighted by Crippen LogP contribution is 2.28. The van der Waals surface area contributed by atoms with Gasteiger partial charge in [0.15, 0.2) is 0 Å². The lowest BCUT2D eigenvalue weighted by Gasteiger charge is -2.29. The summed E-state index contributed by atoms with van der Waals surface area (Å²) in [6, 6.07) is 3.95. The number of rotatable bonds is 6. The molecule has 1 N–H and O–H groups in total. The molecule has 0 spiro atoms. The van der Waals surface area contributed by atoms with Crippen molar-refractivity contribution in [3.05, 3.63) is 22.8 Å². The zero-order chi connectivity index (χ0) is 12.0. The highest BCUT2D eigenvalue weighted by Gasteiger charge is 2.24. The van der Waals surface area contributed by atoms with Crippen LogP contribution in [0, 0.1) is 5.41 Å². The molecule has 0 aromatic carbocycles. The number of alkyl halides is 1. The summed E-state index contributed by atoms with van der Waals surface area (Å²) >= 11 is 9.41. The first-order valence-electron chi connectivity index (χ1n) is 5.57. The Kier molecular flexibility index (Phi) is 5.56. The Morgan fingerprint density at radius 2 is 2.06 bits per heavy atom. The van der Waals surface area contributed by atoms with Crippen molar-refractivity contribution in [2.45, 2.75) is 26.7 Å². The van der Waals surface area contributed by atoms with Gasteiger partial charge in [-0.2, -0.15) is 0 Å². The van der Waals surface area contributed by atoms with Gasteiger partial charge in [0.1, 0.15) is 5.82 Å². The van der Waals surface area contributed by atoms with Crippen molar-refractivity contribution >= 4 is 33.3 Å². The van der Waals surface area contributed by atoms with Crippen LogP contribution in [0.25, 0.3) is 0 Å². The molecule has 1 aromatic heterocycles. The van der Waals surface area contributed by atoms with Gasteiger partial charge < -0.3 is 5.32 Å². The van der Waals surface area contributed by atoms with Crippen LogP contribution in [-0.4, -0.2) is 17.4 Å². The number of hydrogen-bond acceptors (Lipinski definition) is 2. The Balaban J connectivity index is 2.58. The maximum atomic E-state index is 6.05. The summed E-state index contributed by atoms with van der Waals surface area (Å²) in [5, 5.41) is 3.35. The molecule has 0 amide bonds. The van der Waals surface area contributed by atoms with Crippen LogP contribution in [-0.2, 0) is 0 Å². The summed E-state index contributed by atoms with van der Waals surface area (Å²) in [7, 11) is 0. The first-order valence-corrected chi connectivity index (χ1v) is 6.90. The number of pyridine rings is 1. The fourth-order valence-electron chi connectivity index (χ4n) is 1.49. The van der Waals surface area contributed by atoms with Crippen LogP contribution >= 0.6 is 27.5 Å². The van der Waals surface area contributed by atoms with Crippen LogP contribution < -0.4 is 5.32 Å². The SMILES string of the molecule is CCC(CC)(CCl)CNc1ccc(Br)cn1. The molecule has 0 bridgehead atoms. The van der Waals surface area contributed by atoms with E-state index in [4.69, 9.17) is 11.6 Å². The van der Waals surface area contributed by atoms with Crippen molar-refractivity contribution in [3.63, 3.8) is 0 Å². The highest BCUT2D eigenvalue weighted by molar-refractivity contribution is 9.10. The van der Waals surface area contributed by atoms with Crippen LogP contribution in [0.5, 0.6) is 0 Å². The molecule has 0 fully saturated rings. The molecule has 0 atom stereocenters. The second-order valence-electron chi connectivity index (χ2n) is 4.06. The van der Waals surface area contributed by atoms with Gasteiger partial charge >= 0.3 is 0 Å². The Labute approximate surface area is 111 Å². The van der Waals surface area contributed by atoms with E-state index in [0.29, 0.717) is 5.88 Å². The number of nitrogens with one attached hydrogen (secondary N) is 1. The van der Waals surface area contributed by atoms with Gasteiger partial charge in [-0.3, -0.25) is 0 Å². The van der Waals surface area contributed by atoms with Crippen molar-refractivity contribution in [3.8, 4) is 0 Å². The minimum atomic E-state index is 0.177. The zero-order valence-corrected chi connectivity index (χ0v) is 12.1. The van der Waals surface area contributed by atoms with Crippen LogP contribution in [0.4, 0.5) is 5.82 Å². The molecule has 2 nitrogen and oxygen atoms in total. The minimum absolute atomic E-state index is 0.177. The predicted molar refractivity (Wildman–Crippen MR) is 74.2 cm³/mol. The molecular weight excluding hydrogens is 288 g/mol. The molecule has 1 aromatic rings. The molecule has 0 aliphatic carbocycles. The normalized spacial score (nSPS) is 11.5. The highest BCUT2D eigenvalue weighted by atomic mass is 79.9. The molecule has 0 saturated heterocycles. The van der Waals surface area contributed by atoms with Gasteiger partial charge in [-0.25, -0.2) is 4.98 Å². The molecule has 0 unspecified atom stereocenters. The van der Waals surface area contributed by atoms with Crippen LogP contribution in [0.15, 0.2) is 22.8 Å². The number of halogens is 2. The Morgan fingerprint density at radius 1 is 1.38 bits per heavy atom. The lowest BCUT2D eigenvalue weighted by molar-refractivity contribution is 0.326. The third-order valence-corrected chi connectivity index (χ3v) is 4.19. The van der Waals surface area contributed by atoms with Crippen molar-refractivity contribution in [2.24, 2.45) is 5.41 Å². The third-order valence-electron chi connectivity index (χ3n) is 3.16. The molecule has 1 heterocycles. The molecule has 0 aliphatic heterocycles. The Hall–Kier alpha value is -0.280.